The van der Waals surface area contributed by atoms with Crippen LogP contribution in [-0.2, 0) is 17.3 Å². The minimum Gasteiger partial charge on any atom is -0.359 e. The number of hydrogen-bond donors (Lipinski definition) is 2. The third kappa shape index (κ3) is 5.33. The van der Waals surface area contributed by atoms with Gasteiger partial charge in [-0.25, -0.2) is 0 Å². The Kier molecular flexibility index (Phi) is 7.27. The first-order chi connectivity index (χ1) is 11.5. The van der Waals surface area contributed by atoms with Crippen LogP contribution in [0.25, 0.3) is 0 Å². The van der Waals surface area contributed by atoms with Crippen molar-refractivity contribution in [2.75, 3.05) is 12.8 Å². The summed E-state index contributed by atoms with van der Waals surface area (Å²) in [5.74, 6) is 2.66. The topological polar surface area (TPSA) is 79.5 Å². The average Bonchev–Trinajstić information content (AvgIpc) is 3.07. The van der Waals surface area contributed by atoms with Crippen molar-refractivity contribution in [1.29, 1.82) is 0 Å². The number of hydrogen-bond acceptors (Lipinski definition) is 4. The molecule has 2 N–H and O–H groups in total. The van der Waals surface area contributed by atoms with Crippen LogP contribution in [0.5, 0.6) is 0 Å². The van der Waals surface area contributed by atoms with E-state index in [4.69, 9.17) is 4.52 Å². The number of guanidine groups is 1. The van der Waals surface area contributed by atoms with Crippen LogP contribution in [-0.4, -0.2) is 39.4 Å². The molecule has 1 aliphatic rings. The molecule has 3 atom stereocenters. The molecule has 0 aliphatic heterocycles. The van der Waals surface area contributed by atoms with Gasteiger partial charge in [-0.15, -0.1) is 0 Å². The Hall–Kier alpha value is -1.37. The average molecular weight is 355 g/mol. The van der Waals surface area contributed by atoms with Gasteiger partial charge in [0.15, 0.2) is 11.7 Å². The summed E-state index contributed by atoms with van der Waals surface area (Å²) >= 11 is 0. The molecule has 136 valence electrons. The summed E-state index contributed by atoms with van der Waals surface area (Å²) in [7, 11) is 1.05. The number of nitrogens with zero attached hydrogens (tertiary/aromatic N) is 2. The minimum absolute atomic E-state index is 0.308. The molecule has 24 heavy (non-hydrogen) atoms. The first kappa shape index (κ1) is 19.0. The van der Waals surface area contributed by atoms with Crippen molar-refractivity contribution >= 4 is 16.8 Å². The summed E-state index contributed by atoms with van der Waals surface area (Å²) in [6, 6.07) is 2.30. The Morgan fingerprint density at radius 1 is 1.50 bits per heavy atom. The lowest BCUT2D eigenvalue weighted by molar-refractivity contribution is 0.370. The van der Waals surface area contributed by atoms with Gasteiger partial charge in [0.25, 0.3) is 0 Å². The molecular weight excluding hydrogens is 324 g/mol. The van der Waals surface area contributed by atoms with Crippen LogP contribution in [0.1, 0.15) is 63.8 Å². The standard InChI is InChI=1S/C17H30N4O2S/c1-5-24(22)15-8-6-7-13(9-15)20-17(18-4)19-11-14-10-16(12(2)3)21-23-14/h10,12-13,15H,5-9,11H2,1-4H3,(H2,18,19,20). The third-order valence-electron chi connectivity index (χ3n) is 4.45. The van der Waals surface area contributed by atoms with Gasteiger partial charge in [-0.2, -0.15) is 0 Å². The van der Waals surface area contributed by atoms with E-state index in [9.17, 15) is 4.21 Å². The normalized spacial score (nSPS) is 23.3. The number of rotatable bonds is 6. The van der Waals surface area contributed by atoms with Gasteiger partial charge in [-0.05, 0) is 25.2 Å². The van der Waals surface area contributed by atoms with E-state index in [1.165, 1.54) is 0 Å². The zero-order valence-corrected chi connectivity index (χ0v) is 16.0. The minimum atomic E-state index is -0.710. The van der Waals surface area contributed by atoms with Crippen molar-refractivity contribution in [3.63, 3.8) is 0 Å². The predicted octanol–water partition coefficient (Wildman–Crippen LogP) is 2.54. The van der Waals surface area contributed by atoms with Crippen molar-refractivity contribution in [1.82, 2.24) is 15.8 Å². The quantitative estimate of drug-likeness (QED) is 0.606. The lowest BCUT2D eigenvalue weighted by Gasteiger charge is -2.30. The molecule has 0 bridgehead atoms. The van der Waals surface area contributed by atoms with E-state index < -0.39 is 10.8 Å². The molecule has 0 aromatic carbocycles. The van der Waals surface area contributed by atoms with Gasteiger partial charge < -0.3 is 15.2 Å². The number of aromatic nitrogens is 1. The Morgan fingerprint density at radius 2 is 2.29 bits per heavy atom. The monoisotopic (exact) mass is 354 g/mol. The van der Waals surface area contributed by atoms with Gasteiger partial charge in [-0.1, -0.05) is 32.3 Å². The largest absolute Gasteiger partial charge is 0.359 e. The smallest absolute Gasteiger partial charge is 0.191 e. The highest BCUT2D eigenvalue weighted by atomic mass is 32.2. The molecule has 1 aliphatic carbocycles. The molecule has 1 saturated carbocycles. The fourth-order valence-corrected chi connectivity index (χ4v) is 4.34. The van der Waals surface area contributed by atoms with Gasteiger partial charge in [0, 0.05) is 41.0 Å². The van der Waals surface area contributed by atoms with Gasteiger partial charge >= 0.3 is 0 Å². The van der Waals surface area contributed by atoms with Crippen LogP contribution in [0.4, 0.5) is 0 Å². The lowest BCUT2D eigenvalue weighted by atomic mass is 9.95. The van der Waals surface area contributed by atoms with Gasteiger partial charge in [0.05, 0.1) is 12.2 Å². The van der Waals surface area contributed by atoms with E-state index >= 15 is 0 Å². The fraction of sp³-hybridized carbons (Fsp3) is 0.765. The summed E-state index contributed by atoms with van der Waals surface area (Å²) in [6.45, 7) is 6.73. The number of aliphatic imine (C=N–C) groups is 1. The van der Waals surface area contributed by atoms with E-state index in [1.807, 2.05) is 13.0 Å². The summed E-state index contributed by atoms with van der Waals surface area (Å²) in [5.41, 5.74) is 0.965. The Labute approximate surface area is 147 Å². The zero-order valence-electron chi connectivity index (χ0n) is 15.2. The highest BCUT2D eigenvalue weighted by molar-refractivity contribution is 7.85. The highest BCUT2D eigenvalue weighted by Crippen LogP contribution is 2.23. The van der Waals surface area contributed by atoms with E-state index in [-0.39, 0.29) is 0 Å². The molecule has 3 unspecified atom stereocenters. The van der Waals surface area contributed by atoms with Crippen LogP contribution in [0.15, 0.2) is 15.6 Å². The molecule has 1 heterocycles. The third-order valence-corrected chi connectivity index (χ3v) is 6.19. The molecule has 0 radical (unpaired) electrons. The molecule has 7 heteroatoms. The Balaban J connectivity index is 1.84. The van der Waals surface area contributed by atoms with Crippen molar-refractivity contribution in [3.8, 4) is 0 Å². The molecule has 1 fully saturated rings. The summed E-state index contributed by atoms with van der Waals surface area (Å²) in [6.07, 6.45) is 4.23. The summed E-state index contributed by atoms with van der Waals surface area (Å²) < 4.78 is 17.4. The molecule has 0 amide bonds. The van der Waals surface area contributed by atoms with Gasteiger partial charge in [0.1, 0.15) is 0 Å². The van der Waals surface area contributed by atoms with Crippen LogP contribution < -0.4 is 10.6 Å². The molecular formula is C17H30N4O2S. The van der Waals surface area contributed by atoms with Gasteiger partial charge in [0.2, 0.25) is 0 Å². The van der Waals surface area contributed by atoms with E-state index in [0.29, 0.717) is 23.8 Å². The zero-order chi connectivity index (χ0) is 17.5. The molecule has 0 saturated heterocycles. The first-order valence-corrected chi connectivity index (χ1v) is 10.2. The summed E-state index contributed by atoms with van der Waals surface area (Å²) in [5, 5.41) is 11.1. The molecule has 6 nitrogen and oxygen atoms in total. The molecule has 0 spiro atoms. The van der Waals surface area contributed by atoms with E-state index in [0.717, 1.165) is 48.8 Å². The predicted molar refractivity (Wildman–Crippen MR) is 98.7 cm³/mol. The Morgan fingerprint density at radius 3 is 2.92 bits per heavy atom. The maximum absolute atomic E-state index is 12.1. The van der Waals surface area contributed by atoms with E-state index in [2.05, 4.69) is 34.6 Å². The second kappa shape index (κ2) is 9.20. The van der Waals surface area contributed by atoms with Crippen LogP contribution >= 0.6 is 0 Å². The fourth-order valence-electron chi connectivity index (χ4n) is 2.99. The molecule has 1 aromatic rings. The van der Waals surface area contributed by atoms with Crippen LogP contribution in [0, 0.1) is 0 Å². The lowest BCUT2D eigenvalue weighted by Crippen LogP contribution is -2.46. The van der Waals surface area contributed by atoms with Crippen molar-refractivity contribution in [2.24, 2.45) is 4.99 Å². The first-order valence-electron chi connectivity index (χ1n) is 8.83. The summed E-state index contributed by atoms with van der Waals surface area (Å²) in [4.78, 5) is 4.29. The Bertz CT molecular complexity index is 571. The molecule has 1 aromatic heterocycles. The second-order valence-corrected chi connectivity index (χ2v) is 8.60. The van der Waals surface area contributed by atoms with E-state index in [1.54, 1.807) is 7.05 Å². The maximum atomic E-state index is 12.1. The maximum Gasteiger partial charge on any atom is 0.191 e. The highest BCUT2D eigenvalue weighted by Gasteiger charge is 2.26. The number of nitrogens with one attached hydrogen (secondary N) is 2. The van der Waals surface area contributed by atoms with Crippen molar-refractivity contribution < 1.29 is 8.73 Å². The molecule has 2 rings (SSSR count). The van der Waals surface area contributed by atoms with Crippen molar-refractivity contribution in [2.45, 2.75) is 70.2 Å². The van der Waals surface area contributed by atoms with Gasteiger partial charge in [-0.3, -0.25) is 9.20 Å². The van der Waals surface area contributed by atoms with Crippen LogP contribution in [0.3, 0.4) is 0 Å². The van der Waals surface area contributed by atoms with Crippen LogP contribution in [0.2, 0.25) is 0 Å². The SMILES string of the molecule is CCS(=O)C1CCCC(NC(=NC)NCc2cc(C(C)C)no2)C1. The van der Waals surface area contributed by atoms with Crippen molar-refractivity contribution in [3.05, 3.63) is 17.5 Å². The second-order valence-electron chi connectivity index (χ2n) is 6.60.